The lowest BCUT2D eigenvalue weighted by Gasteiger charge is -2.02. The van der Waals surface area contributed by atoms with Gasteiger partial charge in [0.1, 0.15) is 0 Å². The van der Waals surface area contributed by atoms with Gasteiger partial charge in [0.25, 0.3) is 0 Å². The van der Waals surface area contributed by atoms with Gasteiger partial charge in [0.05, 0.1) is 11.4 Å². The summed E-state index contributed by atoms with van der Waals surface area (Å²) in [5.41, 5.74) is 7.98. The Bertz CT molecular complexity index is 288. The minimum atomic E-state index is 0.669. The van der Waals surface area contributed by atoms with E-state index in [2.05, 4.69) is 17.2 Å². The zero-order chi connectivity index (χ0) is 9.26. The smallest absolute Gasteiger partial charge is 0.0874 e. The van der Waals surface area contributed by atoms with Gasteiger partial charge in [-0.2, -0.15) is 0 Å². The molecule has 0 bridgehead atoms. The lowest BCUT2D eigenvalue weighted by molar-refractivity contribution is 0.598. The Morgan fingerprint density at radius 3 is 2.85 bits per heavy atom. The van der Waals surface area contributed by atoms with Crippen LogP contribution in [0.25, 0.3) is 0 Å². The van der Waals surface area contributed by atoms with Crippen molar-refractivity contribution >= 4 is 0 Å². The molecular formula is C9H16N4. The Morgan fingerprint density at radius 1 is 1.54 bits per heavy atom. The first kappa shape index (κ1) is 8.69. The fraction of sp³-hybridized carbons (Fsp3) is 0.778. The van der Waals surface area contributed by atoms with E-state index >= 15 is 0 Å². The van der Waals surface area contributed by atoms with Crippen LogP contribution in [-0.4, -0.2) is 21.5 Å². The Balaban J connectivity index is 2.27. The summed E-state index contributed by atoms with van der Waals surface area (Å²) in [6.07, 6.45) is 3.46. The minimum Gasteiger partial charge on any atom is -0.330 e. The van der Waals surface area contributed by atoms with E-state index in [0.717, 1.165) is 24.6 Å². The zero-order valence-electron chi connectivity index (χ0n) is 8.03. The number of nitrogens with zero attached hydrogens (tertiary/aromatic N) is 3. The third-order valence-electron chi connectivity index (χ3n) is 2.49. The first-order valence-electron chi connectivity index (χ1n) is 4.99. The molecule has 0 aromatic carbocycles. The van der Waals surface area contributed by atoms with Crippen molar-refractivity contribution in [1.29, 1.82) is 0 Å². The quantitative estimate of drug-likeness (QED) is 0.741. The molecule has 1 fully saturated rings. The summed E-state index contributed by atoms with van der Waals surface area (Å²) in [6.45, 7) is 3.69. The monoisotopic (exact) mass is 180 g/mol. The lowest BCUT2D eigenvalue weighted by Crippen LogP contribution is -2.07. The highest BCUT2D eigenvalue weighted by Gasteiger charge is 2.30. The highest BCUT2D eigenvalue weighted by Crippen LogP contribution is 2.41. The Morgan fingerprint density at radius 2 is 2.31 bits per heavy atom. The van der Waals surface area contributed by atoms with Crippen LogP contribution in [0, 0.1) is 0 Å². The summed E-state index contributed by atoms with van der Waals surface area (Å²) in [7, 11) is 0. The van der Waals surface area contributed by atoms with Crippen molar-refractivity contribution in [3.8, 4) is 0 Å². The summed E-state index contributed by atoms with van der Waals surface area (Å²) in [4.78, 5) is 0. The van der Waals surface area contributed by atoms with Gasteiger partial charge < -0.3 is 5.73 Å². The van der Waals surface area contributed by atoms with Crippen LogP contribution in [0.1, 0.15) is 37.1 Å². The van der Waals surface area contributed by atoms with Crippen LogP contribution in [0.3, 0.4) is 0 Å². The topological polar surface area (TPSA) is 56.7 Å². The van der Waals surface area contributed by atoms with Crippen molar-refractivity contribution in [3.05, 3.63) is 11.4 Å². The van der Waals surface area contributed by atoms with Crippen molar-refractivity contribution in [2.45, 2.75) is 38.6 Å². The van der Waals surface area contributed by atoms with Crippen LogP contribution < -0.4 is 5.73 Å². The Hall–Kier alpha value is -0.900. The van der Waals surface area contributed by atoms with Crippen molar-refractivity contribution in [2.75, 3.05) is 6.54 Å². The van der Waals surface area contributed by atoms with Crippen LogP contribution in [0.5, 0.6) is 0 Å². The molecule has 1 aromatic heterocycles. The number of hydrogen-bond donors (Lipinski definition) is 1. The maximum Gasteiger partial charge on any atom is 0.0874 e. The molecule has 1 heterocycles. The van der Waals surface area contributed by atoms with E-state index in [1.807, 2.05) is 4.68 Å². The second-order valence-electron chi connectivity index (χ2n) is 3.55. The fourth-order valence-corrected chi connectivity index (χ4v) is 1.71. The van der Waals surface area contributed by atoms with Crippen LogP contribution in [0.2, 0.25) is 0 Å². The molecule has 4 heteroatoms. The van der Waals surface area contributed by atoms with Crippen molar-refractivity contribution < 1.29 is 0 Å². The highest BCUT2D eigenvalue weighted by atomic mass is 15.4. The van der Waals surface area contributed by atoms with Gasteiger partial charge in [-0.15, -0.1) is 5.10 Å². The van der Waals surface area contributed by atoms with E-state index in [-0.39, 0.29) is 0 Å². The van der Waals surface area contributed by atoms with Gasteiger partial charge in [-0.05, 0) is 26.3 Å². The maximum absolute atomic E-state index is 5.52. The molecule has 4 nitrogen and oxygen atoms in total. The third kappa shape index (κ3) is 1.58. The molecular weight excluding hydrogens is 164 g/mol. The molecule has 1 saturated carbocycles. The van der Waals surface area contributed by atoms with Gasteiger partial charge in [0.2, 0.25) is 0 Å². The van der Waals surface area contributed by atoms with Gasteiger partial charge in [0.15, 0.2) is 0 Å². The van der Waals surface area contributed by atoms with E-state index in [4.69, 9.17) is 5.73 Å². The van der Waals surface area contributed by atoms with Gasteiger partial charge in [-0.25, -0.2) is 4.68 Å². The molecule has 0 spiro atoms. The molecule has 0 atom stereocenters. The van der Waals surface area contributed by atoms with Gasteiger partial charge in [-0.1, -0.05) is 5.21 Å². The maximum atomic E-state index is 5.52. The molecule has 0 radical (unpaired) electrons. The number of hydrogen-bond acceptors (Lipinski definition) is 3. The molecule has 1 aliphatic rings. The summed E-state index contributed by atoms with van der Waals surface area (Å²) in [5.74, 6) is 0.719. The fourth-order valence-electron chi connectivity index (χ4n) is 1.71. The standard InChI is InChI=1S/C9H16N4/c1-2-13-9(7-3-4-7)8(5-6-10)11-12-13/h7H,2-6,10H2,1H3. The number of aromatic nitrogens is 3. The molecule has 1 aliphatic carbocycles. The SMILES string of the molecule is CCn1nnc(CCN)c1C1CC1. The van der Waals surface area contributed by atoms with E-state index < -0.39 is 0 Å². The molecule has 1 aromatic rings. The predicted octanol–water partition coefficient (Wildman–Crippen LogP) is 0.677. The summed E-state index contributed by atoms with van der Waals surface area (Å²) in [5, 5.41) is 8.30. The van der Waals surface area contributed by atoms with E-state index in [1.165, 1.54) is 18.5 Å². The largest absolute Gasteiger partial charge is 0.330 e. The average molecular weight is 180 g/mol. The van der Waals surface area contributed by atoms with Gasteiger partial charge in [0, 0.05) is 18.9 Å². The van der Waals surface area contributed by atoms with E-state index in [9.17, 15) is 0 Å². The minimum absolute atomic E-state index is 0.669. The lowest BCUT2D eigenvalue weighted by atomic mass is 10.2. The second kappa shape index (κ2) is 3.46. The van der Waals surface area contributed by atoms with Crippen molar-refractivity contribution in [3.63, 3.8) is 0 Å². The zero-order valence-corrected chi connectivity index (χ0v) is 8.03. The number of aryl methyl sites for hydroxylation is 1. The Labute approximate surface area is 78.1 Å². The number of rotatable bonds is 4. The van der Waals surface area contributed by atoms with E-state index in [0.29, 0.717) is 6.54 Å². The molecule has 13 heavy (non-hydrogen) atoms. The van der Waals surface area contributed by atoms with Crippen LogP contribution in [0.15, 0.2) is 0 Å². The summed E-state index contributed by atoms with van der Waals surface area (Å²) >= 11 is 0. The highest BCUT2D eigenvalue weighted by molar-refractivity contribution is 5.20. The van der Waals surface area contributed by atoms with Crippen LogP contribution >= 0.6 is 0 Å². The first-order valence-corrected chi connectivity index (χ1v) is 4.99. The van der Waals surface area contributed by atoms with Crippen LogP contribution in [-0.2, 0) is 13.0 Å². The van der Waals surface area contributed by atoms with E-state index in [1.54, 1.807) is 0 Å². The molecule has 72 valence electrons. The van der Waals surface area contributed by atoms with Crippen molar-refractivity contribution in [1.82, 2.24) is 15.0 Å². The molecule has 0 aliphatic heterocycles. The van der Waals surface area contributed by atoms with Gasteiger partial charge >= 0.3 is 0 Å². The first-order chi connectivity index (χ1) is 6.36. The molecule has 2 N–H and O–H groups in total. The van der Waals surface area contributed by atoms with Crippen LogP contribution in [0.4, 0.5) is 0 Å². The summed E-state index contributed by atoms with van der Waals surface area (Å²) in [6, 6.07) is 0. The number of nitrogens with two attached hydrogens (primary N) is 1. The molecule has 0 amide bonds. The van der Waals surface area contributed by atoms with Crippen molar-refractivity contribution in [2.24, 2.45) is 5.73 Å². The molecule has 0 saturated heterocycles. The predicted molar refractivity (Wildman–Crippen MR) is 50.4 cm³/mol. The molecule has 0 unspecified atom stereocenters. The average Bonchev–Trinajstić information content (AvgIpc) is 2.89. The normalized spacial score (nSPS) is 16.5. The third-order valence-corrected chi connectivity index (χ3v) is 2.49. The second-order valence-corrected chi connectivity index (χ2v) is 3.55. The molecule has 2 rings (SSSR count). The van der Waals surface area contributed by atoms with Gasteiger partial charge in [-0.3, -0.25) is 0 Å². The Kier molecular flexibility index (Phi) is 2.31. The summed E-state index contributed by atoms with van der Waals surface area (Å²) < 4.78 is 2.02.